The number of aromatic nitrogens is 3. The van der Waals surface area contributed by atoms with Gasteiger partial charge in [-0.05, 0) is 61.4 Å². The van der Waals surface area contributed by atoms with E-state index in [4.69, 9.17) is 11.6 Å². The van der Waals surface area contributed by atoms with Crippen molar-refractivity contribution in [2.24, 2.45) is 0 Å². The van der Waals surface area contributed by atoms with Crippen molar-refractivity contribution in [3.05, 3.63) is 64.9 Å². The Morgan fingerprint density at radius 3 is 2.47 bits per heavy atom. The van der Waals surface area contributed by atoms with Gasteiger partial charge in [-0.3, -0.25) is 9.59 Å². The van der Waals surface area contributed by atoms with E-state index in [1.807, 2.05) is 24.3 Å². The first kappa shape index (κ1) is 20.3. The zero-order valence-corrected chi connectivity index (χ0v) is 17.4. The standard InChI is InChI=1S/C23H23ClN4O2/c24-18-9-5-16(6-10-18)20(29)13-14-22(30)25-19-11-7-17(8-12-19)23-27-26-21-4-2-1-3-15-28(21)23/h5-12H,1-4,13-15H2,(H,25,30). The molecule has 154 valence electrons. The summed E-state index contributed by atoms with van der Waals surface area (Å²) in [6, 6.07) is 14.3. The fraction of sp³-hybridized carbons (Fsp3) is 0.304. The molecule has 2 aromatic carbocycles. The monoisotopic (exact) mass is 422 g/mol. The molecule has 2 heterocycles. The number of hydrogen-bond acceptors (Lipinski definition) is 4. The number of anilines is 1. The molecular weight excluding hydrogens is 400 g/mol. The van der Waals surface area contributed by atoms with Gasteiger partial charge in [0.15, 0.2) is 11.6 Å². The third-order valence-corrected chi connectivity index (χ3v) is 5.53. The van der Waals surface area contributed by atoms with E-state index in [9.17, 15) is 9.59 Å². The number of halogens is 1. The van der Waals surface area contributed by atoms with Crippen LogP contribution in [-0.2, 0) is 17.8 Å². The minimum Gasteiger partial charge on any atom is -0.326 e. The third kappa shape index (κ3) is 4.76. The second-order valence-electron chi connectivity index (χ2n) is 7.46. The van der Waals surface area contributed by atoms with Gasteiger partial charge in [-0.2, -0.15) is 0 Å². The maximum atomic E-state index is 12.2. The predicted molar refractivity (Wildman–Crippen MR) is 117 cm³/mol. The average Bonchev–Trinajstić information content (AvgIpc) is 3.01. The first-order valence-corrected chi connectivity index (χ1v) is 10.6. The Labute approximate surface area is 180 Å². The Morgan fingerprint density at radius 1 is 0.933 bits per heavy atom. The molecule has 1 aromatic heterocycles. The number of aryl methyl sites for hydroxylation is 1. The largest absolute Gasteiger partial charge is 0.326 e. The quantitative estimate of drug-likeness (QED) is 0.571. The van der Waals surface area contributed by atoms with E-state index in [1.165, 1.54) is 6.42 Å². The van der Waals surface area contributed by atoms with Gasteiger partial charge in [0.05, 0.1) is 0 Å². The lowest BCUT2D eigenvalue weighted by molar-refractivity contribution is -0.116. The summed E-state index contributed by atoms with van der Waals surface area (Å²) in [5.74, 6) is 1.65. The fourth-order valence-corrected chi connectivity index (χ4v) is 3.76. The zero-order valence-electron chi connectivity index (χ0n) is 16.6. The van der Waals surface area contributed by atoms with Crippen molar-refractivity contribution in [2.75, 3.05) is 5.32 Å². The summed E-state index contributed by atoms with van der Waals surface area (Å²) < 4.78 is 2.20. The number of benzene rings is 2. The Balaban J connectivity index is 1.34. The summed E-state index contributed by atoms with van der Waals surface area (Å²) >= 11 is 5.84. The second-order valence-corrected chi connectivity index (χ2v) is 7.89. The summed E-state index contributed by atoms with van der Waals surface area (Å²) in [6.45, 7) is 0.942. The highest BCUT2D eigenvalue weighted by atomic mass is 35.5. The molecule has 4 rings (SSSR count). The molecule has 1 aliphatic rings. The van der Waals surface area contributed by atoms with Crippen molar-refractivity contribution in [3.63, 3.8) is 0 Å². The maximum absolute atomic E-state index is 12.2. The molecule has 0 radical (unpaired) electrons. The van der Waals surface area contributed by atoms with E-state index in [1.54, 1.807) is 24.3 Å². The van der Waals surface area contributed by atoms with Gasteiger partial charge < -0.3 is 9.88 Å². The Bertz CT molecular complexity index is 1040. The van der Waals surface area contributed by atoms with Crippen LogP contribution in [0.15, 0.2) is 48.5 Å². The minimum atomic E-state index is -0.193. The van der Waals surface area contributed by atoms with Gasteiger partial charge in [-0.1, -0.05) is 18.0 Å². The number of amides is 1. The topological polar surface area (TPSA) is 76.9 Å². The molecule has 7 heteroatoms. The van der Waals surface area contributed by atoms with E-state index in [0.29, 0.717) is 16.3 Å². The van der Waals surface area contributed by atoms with Gasteiger partial charge in [0.25, 0.3) is 0 Å². The first-order chi connectivity index (χ1) is 14.6. The molecule has 0 saturated carbocycles. The lowest BCUT2D eigenvalue weighted by Crippen LogP contribution is -2.13. The van der Waals surface area contributed by atoms with Crippen LogP contribution >= 0.6 is 11.6 Å². The molecule has 30 heavy (non-hydrogen) atoms. The molecule has 0 aliphatic carbocycles. The second kappa shape index (κ2) is 9.22. The SMILES string of the molecule is O=C(CCC(=O)c1ccc(Cl)cc1)Nc1ccc(-c2nnc3n2CCCCC3)cc1. The van der Waals surface area contributed by atoms with Crippen molar-refractivity contribution >= 4 is 29.0 Å². The third-order valence-electron chi connectivity index (χ3n) is 5.28. The van der Waals surface area contributed by atoms with Crippen LogP contribution in [-0.4, -0.2) is 26.5 Å². The summed E-state index contributed by atoms with van der Waals surface area (Å²) in [6.07, 6.45) is 4.76. The summed E-state index contributed by atoms with van der Waals surface area (Å²) in [5.41, 5.74) is 2.23. The summed E-state index contributed by atoms with van der Waals surface area (Å²) in [7, 11) is 0. The number of fused-ring (bicyclic) bond motifs is 1. The maximum Gasteiger partial charge on any atom is 0.224 e. The first-order valence-electron chi connectivity index (χ1n) is 10.2. The lowest BCUT2D eigenvalue weighted by Gasteiger charge is -2.09. The molecule has 0 atom stereocenters. The molecule has 1 aliphatic heterocycles. The number of ketones is 1. The van der Waals surface area contributed by atoms with Crippen LogP contribution in [0, 0.1) is 0 Å². The van der Waals surface area contributed by atoms with Crippen molar-refractivity contribution in [1.82, 2.24) is 14.8 Å². The molecule has 6 nitrogen and oxygen atoms in total. The highest BCUT2D eigenvalue weighted by Crippen LogP contribution is 2.24. The number of rotatable bonds is 6. The normalized spacial score (nSPS) is 13.4. The molecule has 3 aromatic rings. The van der Waals surface area contributed by atoms with E-state index < -0.39 is 0 Å². The van der Waals surface area contributed by atoms with Crippen molar-refractivity contribution in [1.29, 1.82) is 0 Å². The van der Waals surface area contributed by atoms with Gasteiger partial charge in [-0.25, -0.2) is 0 Å². The molecule has 0 spiro atoms. The van der Waals surface area contributed by atoms with Crippen molar-refractivity contribution in [3.8, 4) is 11.4 Å². The van der Waals surface area contributed by atoms with Crippen LogP contribution in [0.3, 0.4) is 0 Å². The number of Topliss-reactive ketones (excluding diaryl/α,β-unsaturated/α-hetero) is 1. The van der Waals surface area contributed by atoms with E-state index in [-0.39, 0.29) is 24.5 Å². The van der Waals surface area contributed by atoms with Gasteiger partial charge in [0.2, 0.25) is 5.91 Å². The molecule has 1 N–H and O–H groups in total. The highest BCUT2D eigenvalue weighted by molar-refractivity contribution is 6.30. The number of nitrogens with one attached hydrogen (secondary N) is 1. The van der Waals surface area contributed by atoms with Gasteiger partial charge in [0.1, 0.15) is 5.82 Å². The van der Waals surface area contributed by atoms with Crippen LogP contribution < -0.4 is 5.32 Å². The average molecular weight is 423 g/mol. The predicted octanol–water partition coefficient (Wildman–Crippen LogP) is 4.93. The van der Waals surface area contributed by atoms with Gasteiger partial charge in [0, 0.05) is 47.6 Å². The molecule has 0 bridgehead atoms. The highest BCUT2D eigenvalue weighted by Gasteiger charge is 2.16. The molecule has 1 amide bonds. The van der Waals surface area contributed by atoms with Crippen molar-refractivity contribution < 1.29 is 9.59 Å². The van der Waals surface area contributed by atoms with Crippen LogP contribution in [0.1, 0.15) is 48.3 Å². The number of nitrogens with zero attached hydrogens (tertiary/aromatic N) is 3. The van der Waals surface area contributed by atoms with Crippen LogP contribution in [0.4, 0.5) is 5.69 Å². The van der Waals surface area contributed by atoms with Crippen LogP contribution in [0.2, 0.25) is 5.02 Å². The molecule has 0 saturated heterocycles. The van der Waals surface area contributed by atoms with Gasteiger partial charge in [-0.15, -0.1) is 10.2 Å². The Hall–Kier alpha value is -2.99. The fourth-order valence-electron chi connectivity index (χ4n) is 3.63. The molecule has 0 unspecified atom stereocenters. The number of hydrogen-bond donors (Lipinski definition) is 1. The number of carbonyl (C=O) groups is 2. The molecular formula is C23H23ClN4O2. The summed E-state index contributed by atoms with van der Waals surface area (Å²) in [4.78, 5) is 24.4. The van der Waals surface area contributed by atoms with Gasteiger partial charge >= 0.3 is 0 Å². The van der Waals surface area contributed by atoms with Crippen molar-refractivity contribution in [2.45, 2.75) is 45.1 Å². The Morgan fingerprint density at radius 2 is 1.70 bits per heavy atom. The lowest BCUT2D eigenvalue weighted by atomic mass is 10.1. The molecule has 0 fully saturated rings. The van der Waals surface area contributed by atoms with E-state index in [2.05, 4.69) is 20.1 Å². The van der Waals surface area contributed by atoms with E-state index in [0.717, 1.165) is 43.0 Å². The minimum absolute atomic E-state index is 0.0790. The number of carbonyl (C=O) groups excluding carboxylic acids is 2. The smallest absolute Gasteiger partial charge is 0.224 e. The Kier molecular flexibility index (Phi) is 6.23. The van der Waals surface area contributed by atoms with Crippen LogP contribution in [0.25, 0.3) is 11.4 Å². The van der Waals surface area contributed by atoms with Crippen LogP contribution in [0.5, 0.6) is 0 Å². The zero-order chi connectivity index (χ0) is 20.9. The summed E-state index contributed by atoms with van der Waals surface area (Å²) in [5, 5.41) is 12.1. The van der Waals surface area contributed by atoms with E-state index >= 15 is 0 Å².